The number of aliphatic imine (C=N–C) groups is 1. The molecule has 32 heavy (non-hydrogen) atoms. The molecule has 180 valence electrons. The number of benzene rings is 1. The molecule has 0 aliphatic carbocycles. The van der Waals surface area contributed by atoms with Crippen molar-refractivity contribution >= 4 is 35.8 Å². The molecule has 0 atom stereocenters. The molecule has 8 heteroatoms. The molecule has 0 radical (unpaired) electrons. The summed E-state index contributed by atoms with van der Waals surface area (Å²) in [6.07, 6.45) is 7.26. The van der Waals surface area contributed by atoms with Gasteiger partial charge in [-0.05, 0) is 83.0 Å². The van der Waals surface area contributed by atoms with Crippen LogP contribution in [0, 0.1) is 0 Å². The van der Waals surface area contributed by atoms with Gasteiger partial charge in [-0.25, -0.2) is 0 Å². The summed E-state index contributed by atoms with van der Waals surface area (Å²) in [6.45, 7) is 6.47. The minimum Gasteiger partial charge on any atom is -0.356 e. The first-order chi connectivity index (χ1) is 15.1. The smallest absolute Gasteiger partial charge is 0.251 e. The van der Waals surface area contributed by atoms with Gasteiger partial charge in [-0.1, -0.05) is 18.6 Å². The molecule has 0 spiro atoms. The van der Waals surface area contributed by atoms with Crippen LogP contribution in [0.25, 0.3) is 0 Å². The zero-order valence-electron chi connectivity index (χ0n) is 20.0. The number of hydrogen-bond donors (Lipinski definition) is 3. The molecule has 7 nitrogen and oxygen atoms in total. The average Bonchev–Trinajstić information content (AvgIpc) is 2.82. The molecule has 1 amide bonds. The maximum Gasteiger partial charge on any atom is 0.251 e. The summed E-state index contributed by atoms with van der Waals surface area (Å²) in [6, 6.07) is 7.81. The summed E-state index contributed by atoms with van der Waals surface area (Å²) in [7, 11) is 5.73. The van der Waals surface area contributed by atoms with Gasteiger partial charge in [-0.3, -0.25) is 14.7 Å². The van der Waals surface area contributed by atoms with Crippen molar-refractivity contribution < 1.29 is 4.79 Å². The second-order valence-corrected chi connectivity index (χ2v) is 8.96. The first-order valence-corrected chi connectivity index (χ1v) is 11.8. The Labute approximate surface area is 210 Å². The molecule has 2 aliphatic heterocycles. The fraction of sp³-hybridized carbons (Fsp3) is 0.667. The van der Waals surface area contributed by atoms with Gasteiger partial charge in [-0.15, -0.1) is 24.0 Å². The van der Waals surface area contributed by atoms with Crippen molar-refractivity contribution in [2.24, 2.45) is 4.99 Å². The molecule has 0 unspecified atom stereocenters. The van der Waals surface area contributed by atoms with Crippen LogP contribution >= 0.6 is 24.0 Å². The van der Waals surface area contributed by atoms with Crippen molar-refractivity contribution in [3.05, 3.63) is 35.4 Å². The van der Waals surface area contributed by atoms with Crippen LogP contribution < -0.4 is 16.0 Å². The number of amides is 1. The van der Waals surface area contributed by atoms with E-state index in [2.05, 4.69) is 43.9 Å². The summed E-state index contributed by atoms with van der Waals surface area (Å²) < 4.78 is 0. The van der Waals surface area contributed by atoms with E-state index in [1.165, 1.54) is 45.2 Å². The van der Waals surface area contributed by atoms with Gasteiger partial charge in [0.15, 0.2) is 5.96 Å². The second kappa shape index (κ2) is 13.3. The predicted molar refractivity (Wildman–Crippen MR) is 143 cm³/mol. The van der Waals surface area contributed by atoms with Gasteiger partial charge in [-0.2, -0.15) is 0 Å². The Hall–Kier alpha value is -1.39. The van der Waals surface area contributed by atoms with Gasteiger partial charge < -0.3 is 20.9 Å². The van der Waals surface area contributed by atoms with E-state index in [0.717, 1.165) is 44.1 Å². The summed E-state index contributed by atoms with van der Waals surface area (Å²) in [4.78, 5) is 21.5. The summed E-state index contributed by atoms with van der Waals surface area (Å²) >= 11 is 0. The maximum absolute atomic E-state index is 11.8. The molecule has 2 saturated heterocycles. The second-order valence-electron chi connectivity index (χ2n) is 8.96. The zero-order chi connectivity index (χ0) is 22.1. The number of carbonyl (C=O) groups excluding carboxylic acids is 1. The van der Waals surface area contributed by atoms with Gasteiger partial charge in [0.25, 0.3) is 5.91 Å². The molecule has 0 bridgehead atoms. The molecule has 2 fully saturated rings. The van der Waals surface area contributed by atoms with Crippen molar-refractivity contribution in [2.45, 2.75) is 44.1 Å². The van der Waals surface area contributed by atoms with Gasteiger partial charge in [0.05, 0.1) is 0 Å². The highest BCUT2D eigenvalue weighted by Crippen LogP contribution is 2.30. The van der Waals surface area contributed by atoms with Crippen molar-refractivity contribution in [3.8, 4) is 0 Å². The number of guanidine groups is 1. The number of hydrogen-bond acceptors (Lipinski definition) is 4. The standard InChI is InChI=1S/C24H40N6O.HI/c1-25-22(31)21-9-7-8-20(18-21)10-13-27-23(26-2)28-19-24(11-16-29(3)17-12-24)30-14-5-4-6-15-30;/h7-9,18H,4-6,10-17,19H2,1-3H3,(H,25,31)(H2,26,27,28);1H. The van der Waals surface area contributed by atoms with Crippen LogP contribution in [0.3, 0.4) is 0 Å². The van der Waals surface area contributed by atoms with Crippen molar-refractivity contribution in [1.29, 1.82) is 0 Å². The summed E-state index contributed by atoms with van der Waals surface area (Å²) in [5.74, 6) is 0.811. The molecule has 0 saturated carbocycles. The number of rotatable bonds is 7. The molecule has 2 heterocycles. The first-order valence-electron chi connectivity index (χ1n) is 11.8. The van der Waals surface area contributed by atoms with Gasteiger partial charge in [0.2, 0.25) is 0 Å². The largest absolute Gasteiger partial charge is 0.356 e. The number of carbonyl (C=O) groups is 1. The van der Waals surface area contributed by atoms with Gasteiger partial charge in [0.1, 0.15) is 0 Å². The van der Waals surface area contributed by atoms with E-state index >= 15 is 0 Å². The van der Waals surface area contributed by atoms with Crippen LogP contribution in [0.5, 0.6) is 0 Å². The van der Waals surface area contributed by atoms with Crippen molar-refractivity contribution in [1.82, 2.24) is 25.8 Å². The number of nitrogens with zero attached hydrogens (tertiary/aromatic N) is 3. The van der Waals surface area contributed by atoms with Crippen LogP contribution in [-0.4, -0.2) is 87.6 Å². The average molecular weight is 557 g/mol. The minimum atomic E-state index is -0.0478. The lowest BCUT2D eigenvalue weighted by Crippen LogP contribution is -2.62. The molecular weight excluding hydrogens is 515 g/mol. The van der Waals surface area contributed by atoms with E-state index in [1.807, 2.05) is 25.2 Å². The van der Waals surface area contributed by atoms with E-state index in [9.17, 15) is 4.79 Å². The third-order valence-corrected chi connectivity index (χ3v) is 6.88. The quantitative estimate of drug-likeness (QED) is 0.273. The number of likely N-dealkylation sites (tertiary alicyclic amines) is 2. The lowest BCUT2D eigenvalue weighted by Gasteiger charge is -2.50. The van der Waals surface area contributed by atoms with Crippen LogP contribution in [-0.2, 0) is 6.42 Å². The number of piperidine rings is 2. The van der Waals surface area contributed by atoms with E-state index in [4.69, 9.17) is 0 Å². The van der Waals surface area contributed by atoms with Crippen molar-refractivity contribution in [2.75, 3.05) is 60.4 Å². The third kappa shape index (κ3) is 7.31. The monoisotopic (exact) mass is 556 g/mol. The first kappa shape index (κ1) is 26.9. The Morgan fingerprint density at radius 2 is 1.81 bits per heavy atom. The normalized spacial score (nSPS) is 19.7. The maximum atomic E-state index is 11.8. The lowest BCUT2D eigenvalue weighted by molar-refractivity contribution is 0.0173. The van der Waals surface area contributed by atoms with E-state index in [0.29, 0.717) is 5.56 Å². The SMILES string of the molecule is CN=C(NCCc1cccc(C(=O)NC)c1)NCC1(N2CCCCC2)CCN(C)CC1.I. The van der Waals surface area contributed by atoms with E-state index < -0.39 is 0 Å². The zero-order valence-corrected chi connectivity index (χ0v) is 22.3. The van der Waals surface area contributed by atoms with Crippen LogP contribution in [0.15, 0.2) is 29.3 Å². The molecule has 3 rings (SSSR count). The van der Waals surface area contributed by atoms with Crippen LogP contribution in [0.1, 0.15) is 48.0 Å². The fourth-order valence-electron chi connectivity index (χ4n) is 4.81. The molecule has 3 N–H and O–H groups in total. The Morgan fingerprint density at radius 1 is 1.09 bits per heavy atom. The Bertz CT molecular complexity index is 742. The van der Waals surface area contributed by atoms with Crippen LogP contribution in [0.4, 0.5) is 0 Å². The minimum absolute atomic E-state index is 0. The molecule has 2 aliphatic rings. The van der Waals surface area contributed by atoms with Crippen molar-refractivity contribution in [3.63, 3.8) is 0 Å². The number of nitrogens with one attached hydrogen (secondary N) is 3. The Kier molecular flexibility index (Phi) is 11.2. The molecule has 1 aromatic carbocycles. The van der Waals surface area contributed by atoms with Crippen LogP contribution in [0.2, 0.25) is 0 Å². The number of halogens is 1. The molecular formula is C24H41IN6O. The third-order valence-electron chi connectivity index (χ3n) is 6.88. The van der Waals surface area contributed by atoms with E-state index in [1.54, 1.807) is 7.05 Å². The Balaban J connectivity index is 0.00000363. The highest BCUT2D eigenvalue weighted by Gasteiger charge is 2.39. The van der Waals surface area contributed by atoms with Gasteiger partial charge >= 0.3 is 0 Å². The topological polar surface area (TPSA) is 72.0 Å². The highest BCUT2D eigenvalue weighted by atomic mass is 127. The predicted octanol–water partition coefficient (Wildman–Crippen LogP) is 2.32. The lowest BCUT2D eigenvalue weighted by atomic mass is 9.84. The highest BCUT2D eigenvalue weighted by molar-refractivity contribution is 14.0. The summed E-state index contributed by atoms with van der Waals surface area (Å²) in [5.41, 5.74) is 2.07. The molecule has 1 aromatic rings. The van der Waals surface area contributed by atoms with Gasteiger partial charge in [0, 0.05) is 38.3 Å². The van der Waals surface area contributed by atoms with E-state index in [-0.39, 0.29) is 35.4 Å². The fourth-order valence-corrected chi connectivity index (χ4v) is 4.81. The Morgan fingerprint density at radius 3 is 2.47 bits per heavy atom. The molecule has 0 aromatic heterocycles. The summed E-state index contributed by atoms with van der Waals surface area (Å²) in [5, 5.41) is 9.77.